The number of pyridine rings is 1. The lowest BCUT2D eigenvalue weighted by atomic mass is 9.89. The molecule has 0 N–H and O–H groups in total. The van der Waals surface area contributed by atoms with E-state index in [2.05, 4.69) is 39.7 Å². The molecule has 1 unspecified atom stereocenters. The lowest BCUT2D eigenvalue weighted by Gasteiger charge is -2.23. The molecule has 0 aliphatic carbocycles. The summed E-state index contributed by atoms with van der Waals surface area (Å²) in [5.41, 5.74) is 0. The fraction of sp³-hybridized carbons (Fsp3) is 0.643. The maximum absolute atomic E-state index is 6.28. The van der Waals surface area contributed by atoms with Gasteiger partial charge in [0.15, 0.2) is 0 Å². The highest BCUT2D eigenvalue weighted by atomic mass is 79.9. The molecular weight excluding hydrogens is 312 g/mol. The zero-order valence-corrected chi connectivity index (χ0v) is 13.3. The van der Waals surface area contributed by atoms with Gasteiger partial charge in [-0.15, -0.1) is 0 Å². The van der Waals surface area contributed by atoms with Crippen LogP contribution in [0, 0.1) is 11.8 Å². The van der Waals surface area contributed by atoms with E-state index in [1.807, 2.05) is 12.3 Å². The molecule has 0 spiro atoms. The molecule has 100 valence electrons. The number of hydrogen-bond donors (Lipinski definition) is 0. The summed E-state index contributed by atoms with van der Waals surface area (Å²) < 4.78 is 0.936. The maximum Gasteiger partial charge on any atom is 0.147 e. The standard InChI is InChI=1S/C14H20BrClN2/c1-10(2)11-4-3-6-18(7-5-11)14-13(16)8-12(15)9-17-14/h8-11H,3-7H2,1-2H3. The van der Waals surface area contributed by atoms with E-state index >= 15 is 0 Å². The number of anilines is 1. The SMILES string of the molecule is CC(C)C1CCCN(c2ncc(Br)cc2Cl)CC1. The number of rotatable bonds is 2. The van der Waals surface area contributed by atoms with Gasteiger partial charge in [0, 0.05) is 23.8 Å². The van der Waals surface area contributed by atoms with Crippen LogP contribution in [0.3, 0.4) is 0 Å². The third-order valence-electron chi connectivity index (χ3n) is 3.80. The van der Waals surface area contributed by atoms with E-state index in [1.165, 1.54) is 19.3 Å². The van der Waals surface area contributed by atoms with Gasteiger partial charge in [0.1, 0.15) is 5.82 Å². The highest BCUT2D eigenvalue weighted by Crippen LogP contribution is 2.30. The molecule has 1 aromatic heterocycles. The first kappa shape index (κ1) is 14.1. The molecule has 0 bridgehead atoms. The Morgan fingerprint density at radius 2 is 2.17 bits per heavy atom. The Hall–Kier alpha value is -0.280. The fourth-order valence-electron chi connectivity index (χ4n) is 2.64. The van der Waals surface area contributed by atoms with Crippen LogP contribution in [-0.4, -0.2) is 18.1 Å². The van der Waals surface area contributed by atoms with Crippen molar-refractivity contribution in [1.82, 2.24) is 4.98 Å². The van der Waals surface area contributed by atoms with Gasteiger partial charge < -0.3 is 4.90 Å². The maximum atomic E-state index is 6.28. The van der Waals surface area contributed by atoms with Crippen LogP contribution in [0.2, 0.25) is 5.02 Å². The number of hydrogen-bond acceptors (Lipinski definition) is 2. The molecule has 2 heterocycles. The van der Waals surface area contributed by atoms with Gasteiger partial charge in [-0.05, 0) is 53.1 Å². The van der Waals surface area contributed by atoms with E-state index in [9.17, 15) is 0 Å². The third kappa shape index (κ3) is 3.39. The summed E-state index contributed by atoms with van der Waals surface area (Å²) in [5, 5.41) is 0.743. The van der Waals surface area contributed by atoms with Crippen LogP contribution in [0.4, 0.5) is 5.82 Å². The Morgan fingerprint density at radius 1 is 1.39 bits per heavy atom. The Bertz CT molecular complexity index is 409. The molecule has 4 heteroatoms. The van der Waals surface area contributed by atoms with Gasteiger partial charge in [-0.1, -0.05) is 25.4 Å². The van der Waals surface area contributed by atoms with Crippen molar-refractivity contribution in [3.8, 4) is 0 Å². The van der Waals surface area contributed by atoms with E-state index in [-0.39, 0.29) is 0 Å². The summed E-state index contributed by atoms with van der Waals surface area (Å²) in [5.74, 6) is 2.55. The second kappa shape index (κ2) is 6.25. The first-order valence-electron chi connectivity index (χ1n) is 6.64. The van der Waals surface area contributed by atoms with Crippen molar-refractivity contribution in [3.63, 3.8) is 0 Å². The quantitative estimate of drug-likeness (QED) is 0.776. The minimum Gasteiger partial charge on any atom is -0.355 e. The molecule has 0 aromatic carbocycles. The molecule has 1 fully saturated rings. The molecule has 0 radical (unpaired) electrons. The third-order valence-corrected chi connectivity index (χ3v) is 4.52. The van der Waals surface area contributed by atoms with Crippen LogP contribution in [0.15, 0.2) is 16.7 Å². The Morgan fingerprint density at radius 3 is 2.83 bits per heavy atom. The number of nitrogens with zero attached hydrogens (tertiary/aromatic N) is 2. The van der Waals surface area contributed by atoms with Gasteiger partial charge in [-0.3, -0.25) is 0 Å². The fourth-order valence-corrected chi connectivity index (χ4v) is 3.39. The molecule has 18 heavy (non-hydrogen) atoms. The van der Waals surface area contributed by atoms with Crippen molar-refractivity contribution in [2.24, 2.45) is 11.8 Å². The smallest absolute Gasteiger partial charge is 0.147 e. The van der Waals surface area contributed by atoms with Crippen LogP contribution in [0.5, 0.6) is 0 Å². The molecule has 1 aromatic rings. The first-order chi connectivity index (χ1) is 8.58. The van der Waals surface area contributed by atoms with Gasteiger partial charge in [-0.2, -0.15) is 0 Å². The van der Waals surface area contributed by atoms with E-state index in [0.717, 1.165) is 40.2 Å². The minimum absolute atomic E-state index is 0.743. The molecule has 2 nitrogen and oxygen atoms in total. The molecule has 1 saturated heterocycles. The van der Waals surface area contributed by atoms with Crippen LogP contribution >= 0.6 is 27.5 Å². The highest BCUT2D eigenvalue weighted by Gasteiger charge is 2.21. The molecule has 1 aliphatic heterocycles. The van der Waals surface area contributed by atoms with Crippen LogP contribution < -0.4 is 4.90 Å². The molecule has 2 rings (SSSR count). The predicted octanol–water partition coefficient (Wildman–Crippen LogP) is 4.76. The van der Waals surface area contributed by atoms with Crippen molar-refractivity contribution in [1.29, 1.82) is 0 Å². The Balaban J connectivity index is 2.10. The second-order valence-electron chi connectivity index (χ2n) is 5.38. The second-order valence-corrected chi connectivity index (χ2v) is 6.70. The van der Waals surface area contributed by atoms with Crippen LogP contribution in [0.1, 0.15) is 33.1 Å². The van der Waals surface area contributed by atoms with Gasteiger partial charge in [0.05, 0.1) is 5.02 Å². The minimum atomic E-state index is 0.743. The molecule has 1 aliphatic rings. The number of halogens is 2. The molecule has 0 amide bonds. The van der Waals surface area contributed by atoms with Crippen LogP contribution in [-0.2, 0) is 0 Å². The van der Waals surface area contributed by atoms with Gasteiger partial charge >= 0.3 is 0 Å². The number of aromatic nitrogens is 1. The van der Waals surface area contributed by atoms with Crippen molar-refractivity contribution >= 4 is 33.3 Å². The summed E-state index contributed by atoms with van der Waals surface area (Å²) in [7, 11) is 0. The summed E-state index contributed by atoms with van der Waals surface area (Å²) in [6.45, 7) is 6.78. The van der Waals surface area contributed by atoms with E-state index in [0.29, 0.717) is 0 Å². The topological polar surface area (TPSA) is 16.1 Å². The lowest BCUT2D eigenvalue weighted by Crippen LogP contribution is -2.25. The van der Waals surface area contributed by atoms with E-state index in [4.69, 9.17) is 11.6 Å². The highest BCUT2D eigenvalue weighted by molar-refractivity contribution is 9.10. The van der Waals surface area contributed by atoms with Crippen molar-refractivity contribution < 1.29 is 0 Å². The average molecular weight is 332 g/mol. The zero-order valence-electron chi connectivity index (χ0n) is 11.0. The average Bonchev–Trinajstić information content (AvgIpc) is 2.54. The largest absolute Gasteiger partial charge is 0.355 e. The Labute approximate surface area is 123 Å². The summed E-state index contributed by atoms with van der Waals surface area (Å²) in [6.07, 6.45) is 5.62. The molecular formula is C14H20BrClN2. The first-order valence-corrected chi connectivity index (χ1v) is 7.81. The Kier molecular flexibility index (Phi) is 4.91. The van der Waals surface area contributed by atoms with Gasteiger partial charge in [-0.25, -0.2) is 4.98 Å². The van der Waals surface area contributed by atoms with Crippen LogP contribution in [0.25, 0.3) is 0 Å². The monoisotopic (exact) mass is 330 g/mol. The van der Waals surface area contributed by atoms with Crippen molar-refractivity contribution in [2.75, 3.05) is 18.0 Å². The van der Waals surface area contributed by atoms with Gasteiger partial charge in [0.25, 0.3) is 0 Å². The van der Waals surface area contributed by atoms with E-state index < -0.39 is 0 Å². The van der Waals surface area contributed by atoms with Crippen molar-refractivity contribution in [3.05, 3.63) is 21.8 Å². The lowest BCUT2D eigenvalue weighted by molar-refractivity contribution is 0.351. The summed E-state index contributed by atoms with van der Waals surface area (Å²) in [4.78, 5) is 6.79. The van der Waals surface area contributed by atoms with E-state index in [1.54, 1.807) is 0 Å². The van der Waals surface area contributed by atoms with Gasteiger partial charge in [0.2, 0.25) is 0 Å². The summed E-state index contributed by atoms with van der Waals surface area (Å²) >= 11 is 9.68. The molecule has 1 atom stereocenters. The molecule has 0 saturated carbocycles. The predicted molar refractivity (Wildman–Crippen MR) is 81.3 cm³/mol. The van der Waals surface area contributed by atoms with Crippen molar-refractivity contribution in [2.45, 2.75) is 33.1 Å². The summed E-state index contributed by atoms with van der Waals surface area (Å²) in [6, 6.07) is 1.93. The zero-order chi connectivity index (χ0) is 13.1. The normalized spacial score (nSPS) is 21.2.